The maximum atomic E-state index is 12.1. The molecule has 0 saturated carbocycles. The molecule has 0 atom stereocenters. The molecule has 1 aliphatic rings. The fourth-order valence-corrected chi connectivity index (χ4v) is 2.29. The third-order valence-electron chi connectivity index (χ3n) is 3.38. The van der Waals surface area contributed by atoms with Gasteiger partial charge in [0.2, 0.25) is 0 Å². The highest BCUT2D eigenvalue weighted by molar-refractivity contribution is 6.01. The van der Waals surface area contributed by atoms with Crippen molar-refractivity contribution in [2.75, 3.05) is 18.4 Å². The molecule has 2 amide bonds. The van der Waals surface area contributed by atoms with Crippen LogP contribution in [0, 0.1) is 6.92 Å². The number of aryl methyl sites for hydroxylation is 1. The van der Waals surface area contributed by atoms with Crippen molar-refractivity contribution < 1.29 is 14.7 Å². The molecule has 5 nitrogen and oxygen atoms in total. The van der Waals surface area contributed by atoms with Crippen molar-refractivity contribution in [2.24, 2.45) is 0 Å². The number of nitrogens with one attached hydrogen (secondary N) is 1. The predicted octanol–water partition coefficient (Wildman–Crippen LogP) is 2.71. The second-order valence-electron chi connectivity index (χ2n) is 4.78. The summed E-state index contributed by atoms with van der Waals surface area (Å²) in [6, 6.07) is 4.76. The first-order chi connectivity index (χ1) is 9.09. The van der Waals surface area contributed by atoms with Crippen LogP contribution in [0.15, 0.2) is 18.2 Å². The highest BCUT2D eigenvalue weighted by Crippen LogP contribution is 2.21. The number of urea groups is 1. The maximum absolute atomic E-state index is 12.1. The van der Waals surface area contributed by atoms with Crippen LogP contribution < -0.4 is 5.32 Å². The SMILES string of the molecule is Cc1cccc(C(=O)O)c1NC(=O)N1CCCCC1. The Kier molecular flexibility index (Phi) is 4.04. The van der Waals surface area contributed by atoms with Crippen LogP contribution in [0.2, 0.25) is 0 Å². The lowest BCUT2D eigenvalue weighted by Gasteiger charge is -2.27. The fourth-order valence-electron chi connectivity index (χ4n) is 2.29. The molecule has 0 aromatic heterocycles. The van der Waals surface area contributed by atoms with Gasteiger partial charge in [0, 0.05) is 13.1 Å². The van der Waals surface area contributed by atoms with E-state index in [1.54, 1.807) is 24.0 Å². The van der Waals surface area contributed by atoms with Crippen molar-refractivity contribution in [1.29, 1.82) is 0 Å². The summed E-state index contributed by atoms with van der Waals surface area (Å²) in [5, 5.41) is 11.9. The van der Waals surface area contributed by atoms with E-state index in [1.807, 2.05) is 0 Å². The number of hydrogen-bond acceptors (Lipinski definition) is 2. The van der Waals surface area contributed by atoms with Crippen LogP contribution in [0.5, 0.6) is 0 Å². The predicted molar refractivity (Wildman–Crippen MR) is 72.6 cm³/mol. The first-order valence-electron chi connectivity index (χ1n) is 6.48. The van der Waals surface area contributed by atoms with Crippen LogP contribution in [0.1, 0.15) is 35.2 Å². The Labute approximate surface area is 112 Å². The summed E-state index contributed by atoms with van der Waals surface area (Å²) in [6.45, 7) is 3.26. The number of carbonyl (C=O) groups is 2. The van der Waals surface area contributed by atoms with E-state index < -0.39 is 5.97 Å². The van der Waals surface area contributed by atoms with Gasteiger partial charge in [0.1, 0.15) is 0 Å². The minimum atomic E-state index is -1.03. The number of carboxylic acid groups (broad SMARTS) is 1. The van der Waals surface area contributed by atoms with Gasteiger partial charge in [0.15, 0.2) is 0 Å². The number of likely N-dealkylation sites (tertiary alicyclic amines) is 1. The monoisotopic (exact) mass is 262 g/mol. The van der Waals surface area contributed by atoms with E-state index in [2.05, 4.69) is 5.32 Å². The van der Waals surface area contributed by atoms with Gasteiger partial charge < -0.3 is 15.3 Å². The lowest BCUT2D eigenvalue weighted by atomic mass is 10.1. The molecule has 19 heavy (non-hydrogen) atoms. The highest BCUT2D eigenvalue weighted by Gasteiger charge is 2.19. The molecule has 1 saturated heterocycles. The fraction of sp³-hybridized carbons (Fsp3) is 0.429. The third-order valence-corrected chi connectivity index (χ3v) is 3.38. The quantitative estimate of drug-likeness (QED) is 0.861. The molecule has 1 aliphatic heterocycles. The van der Waals surface area contributed by atoms with Crippen molar-refractivity contribution in [2.45, 2.75) is 26.2 Å². The van der Waals surface area contributed by atoms with Crippen molar-refractivity contribution in [3.63, 3.8) is 0 Å². The molecule has 0 aliphatic carbocycles. The molecule has 1 aromatic carbocycles. The number of carboxylic acids is 1. The highest BCUT2D eigenvalue weighted by atomic mass is 16.4. The van der Waals surface area contributed by atoms with Crippen molar-refractivity contribution in [1.82, 2.24) is 4.90 Å². The number of benzene rings is 1. The lowest BCUT2D eigenvalue weighted by Crippen LogP contribution is -2.39. The number of rotatable bonds is 2. The van der Waals surface area contributed by atoms with Gasteiger partial charge in [0.05, 0.1) is 11.3 Å². The normalized spacial score (nSPS) is 15.1. The Bertz CT molecular complexity index is 493. The zero-order chi connectivity index (χ0) is 13.8. The molecule has 1 fully saturated rings. The van der Waals surface area contributed by atoms with E-state index in [1.165, 1.54) is 6.07 Å². The van der Waals surface area contributed by atoms with Gasteiger partial charge >= 0.3 is 12.0 Å². The zero-order valence-electron chi connectivity index (χ0n) is 11.0. The number of piperidine rings is 1. The Morgan fingerprint density at radius 1 is 1.21 bits per heavy atom. The van der Waals surface area contributed by atoms with Crippen LogP contribution in [0.25, 0.3) is 0 Å². The number of anilines is 1. The van der Waals surface area contributed by atoms with Crippen LogP contribution in [0.3, 0.4) is 0 Å². The van der Waals surface area contributed by atoms with Crippen molar-refractivity contribution >= 4 is 17.7 Å². The summed E-state index contributed by atoms with van der Waals surface area (Å²) in [6.07, 6.45) is 3.16. The summed E-state index contributed by atoms with van der Waals surface area (Å²) in [5.41, 5.74) is 1.28. The van der Waals surface area contributed by atoms with Gasteiger partial charge in [-0.15, -0.1) is 0 Å². The molecule has 102 valence electrons. The number of carbonyl (C=O) groups excluding carboxylic acids is 1. The van der Waals surface area contributed by atoms with E-state index in [4.69, 9.17) is 5.11 Å². The summed E-state index contributed by atoms with van der Waals surface area (Å²) in [7, 11) is 0. The van der Waals surface area contributed by atoms with Crippen LogP contribution in [-0.4, -0.2) is 35.1 Å². The molecule has 0 radical (unpaired) electrons. The lowest BCUT2D eigenvalue weighted by molar-refractivity contribution is 0.0698. The zero-order valence-corrected chi connectivity index (χ0v) is 11.0. The second kappa shape index (κ2) is 5.73. The molecule has 0 spiro atoms. The molecule has 0 bridgehead atoms. The Morgan fingerprint density at radius 3 is 2.53 bits per heavy atom. The van der Waals surface area contributed by atoms with E-state index in [9.17, 15) is 9.59 Å². The van der Waals surface area contributed by atoms with E-state index in [0.717, 1.165) is 37.9 Å². The number of hydrogen-bond donors (Lipinski definition) is 2. The summed E-state index contributed by atoms with van der Waals surface area (Å²) >= 11 is 0. The average Bonchev–Trinajstić information content (AvgIpc) is 2.41. The van der Waals surface area contributed by atoms with E-state index in [0.29, 0.717) is 5.69 Å². The molecular weight excluding hydrogens is 244 g/mol. The van der Waals surface area contributed by atoms with E-state index >= 15 is 0 Å². The van der Waals surface area contributed by atoms with Crippen LogP contribution in [-0.2, 0) is 0 Å². The van der Waals surface area contributed by atoms with Gasteiger partial charge in [-0.1, -0.05) is 12.1 Å². The topological polar surface area (TPSA) is 69.6 Å². The molecule has 0 unspecified atom stereocenters. The molecule has 5 heteroatoms. The Balaban J connectivity index is 2.18. The number of nitrogens with zero attached hydrogens (tertiary/aromatic N) is 1. The van der Waals surface area contributed by atoms with Gasteiger partial charge in [0.25, 0.3) is 0 Å². The van der Waals surface area contributed by atoms with Crippen molar-refractivity contribution in [3.8, 4) is 0 Å². The van der Waals surface area contributed by atoms with Crippen LogP contribution in [0.4, 0.5) is 10.5 Å². The first kappa shape index (κ1) is 13.4. The van der Waals surface area contributed by atoms with Gasteiger partial charge in [-0.25, -0.2) is 9.59 Å². The van der Waals surface area contributed by atoms with Gasteiger partial charge in [-0.3, -0.25) is 0 Å². The van der Waals surface area contributed by atoms with Crippen LogP contribution >= 0.6 is 0 Å². The van der Waals surface area contributed by atoms with Crippen molar-refractivity contribution in [3.05, 3.63) is 29.3 Å². The molecular formula is C14H18N2O3. The number of para-hydroxylation sites is 1. The van der Waals surface area contributed by atoms with Gasteiger partial charge in [-0.05, 0) is 37.8 Å². The summed E-state index contributed by atoms with van der Waals surface area (Å²) in [5.74, 6) is -1.03. The van der Waals surface area contributed by atoms with Gasteiger partial charge in [-0.2, -0.15) is 0 Å². The second-order valence-corrected chi connectivity index (χ2v) is 4.78. The Morgan fingerprint density at radius 2 is 1.89 bits per heavy atom. The number of amides is 2. The Hall–Kier alpha value is -2.04. The molecule has 1 heterocycles. The first-order valence-corrected chi connectivity index (χ1v) is 6.48. The third kappa shape index (κ3) is 3.05. The number of aromatic carboxylic acids is 1. The summed E-state index contributed by atoms with van der Waals surface area (Å²) < 4.78 is 0. The molecule has 2 rings (SSSR count). The standard InChI is InChI=1S/C14H18N2O3/c1-10-6-5-7-11(13(17)18)12(10)15-14(19)16-8-3-2-4-9-16/h5-7H,2-4,8-9H2,1H3,(H,15,19)(H,17,18). The largest absolute Gasteiger partial charge is 0.478 e. The smallest absolute Gasteiger partial charge is 0.337 e. The molecule has 1 aromatic rings. The minimum Gasteiger partial charge on any atom is -0.478 e. The maximum Gasteiger partial charge on any atom is 0.337 e. The van der Waals surface area contributed by atoms with E-state index in [-0.39, 0.29) is 11.6 Å². The average molecular weight is 262 g/mol. The molecule has 2 N–H and O–H groups in total. The summed E-state index contributed by atoms with van der Waals surface area (Å²) in [4.78, 5) is 25.0. The minimum absolute atomic E-state index is 0.130.